The predicted molar refractivity (Wildman–Crippen MR) is 71.2 cm³/mol. The Bertz CT molecular complexity index is 396. The Kier molecular flexibility index (Phi) is 2.65. The van der Waals surface area contributed by atoms with Gasteiger partial charge in [0.2, 0.25) is 0 Å². The molecule has 1 aromatic carbocycles. The lowest BCUT2D eigenvalue weighted by molar-refractivity contribution is -0.201. The molecule has 1 aromatic rings. The molecule has 17 heavy (non-hydrogen) atoms. The molecule has 0 amide bonds. The molecule has 0 bridgehead atoms. The molecule has 1 heterocycles. The van der Waals surface area contributed by atoms with Crippen molar-refractivity contribution in [3.63, 3.8) is 0 Å². The van der Waals surface area contributed by atoms with Gasteiger partial charge < -0.3 is 9.47 Å². The van der Waals surface area contributed by atoms with Crippen LogP contribution in [0.5, 0.6) is 0 Å². The van der Waals surface area contributed by atoms with E-state index in [2.05, 4.69) is 43.4 Å². The van der Waals surface area contributed by atoms with Crippen LogP contribution in [0.2, 0.25) is 18.6 Å². The van der Waals surface area contributed by atoms with E-state index in [-0.39, 0.29) is 5.79 Å². The van der Waals surface area contributed by atoms with E-state index in [4.69, 9.17) is 9.47 Å². The smallest absolute Gasteiger partial charge is 0.169 e. The maximum Gasteiger partial charge on any atom is 0.169 e. The van der Waals surface area contributed by atoms with E-state index in [0.29, 0.717) is 5.54 Å². The Labute approximate surface area is 104 Å². The van der Waals surface area contributed by atoms with Crippen molar-refractivity contribution < 1.29 is 9.47 Å². The van der Waals surface area contributed by atoms with Crippen LogP contribution in [0.15, 0.2) is 30.3 Å². The van der Waals surface area contributed by atoms with Crippen molar-refractivity contribution in [3.8, 4) is 0 Å². The number of hydrogen-bond acceptors (Lipinski definition) is 2. The van der Waals surface area contributed by atoms with E-state index in [9.17, 15) is 0 Å². The van der Waals surface area contributed by atoms with Crippen LogP contribution in [-0.2, 0) is 9.47 Å². The van der Waals surface area contributed by atoms with Gasteiger partial charge in [0, 0.05) is 12.0 Å². The van der Waals surface area contributed by atoms with Crippen molar-refractivity contribution in [2.45, 2.75) is 37.3 Å². The first kappa shape index (κ1) is 11.4. The average Bonchev–Trinajstić information content (AvgIpc) is 3.06. The standard InChI is InChI=1S/C14H20O2Si/c1-17(2,12-7-4-3-5-8-12)13-11-14(13)15-9-6-10-16-14/h3-5,7-8,13H,6,9-11H2,1-2H3. The summed E-state index contributed by atoms with van der Waals surface area (Å²) in [6.45, 7) is 6.61. The van der Waals surface area contributed by atoms with Crippen LogP contribution >= 0.6 is 0 Å². The Morgan fingerprint density at radius 1 is 1.12 bits per heavy atom. The zero-order chi connectivity index (χ0) is 11.9. The van der Waals surface area contributed by atoms with E-state index >= 15 is 0 Å². The van der Waals surface area contributed by atoms with Gasteiger partial charge in [0.1, 0.15) is 0 Å². The van der Waals surface area contributed by atoms with Gasteiger partial charge in [-0.3, -0.25) is 0 Å². The molecule has 1 spiro atoms. The molecule has 3 rings (SSSR count). The fourth-order valence-electron chi connectivity index (χ4n) is 3.01. The maximum absolute atomic E-state index is 5.91. The van der Waals surface area contributed by atoms with Gasteiger partial charge in [0.15, 0.2) is 5.79 Å². The summed E-state index contributed by atoms with van der Waals surface area (Å²) in [5.41, 5.74) is 0.623. The van der Waals surface area contributed by atoms with E-state index in [1.165, 1.54) is 5.19 Å². The molecule has 1 atom stereocenters. The van der Waals surface area contributed by atoms with Gasteiger partial charge in [-0.1, -0.05) is 48.6 Å². The number of hydrogen-bond donors (Lipinski definition) is 0. The molecule has 92 valence electrons. The van der Waals surface area contributed by atoms with E-state index in [1.54, 1.807) is 0 Å². The second kappa shape index (κ2) is 3.94. The summed E-state index contributed by atoms with van der Waals surface area (Å²) < 4.78 is 11.8. The molecule has 0 aromatic heterocycles. The summed E-state index contributed by atoms with van der Waals surface area (Å²) >= 11 is 0. The summed E-state index contributed by atoms with van der Waals surface area (Å²) in [5, 5.41) is 1.51. The first-order chi connectivity index (χ1) is 8.15. The SMILES string of the molecule is C[Si](C)(c1ccccc1)C1CC12OCCCO2. The normalized spacial score (nSPS) is 27.1. The van der Waals surface area contributed by atoms with Crippen molar-refractivity contribution in [2.75, 3.05) is 13.2 Å². The molecule has 1 saturated carbocycles. The zero-order valence-electron chi connectivity index (χ0n) is 10.6. The highest BCUT2D eigenvalue weighted by atomic mass is 28.3. The first-order valence-corrected chi connectivity index (χ1v) is 9.56. The third kappa shape index (κ3) is 1.86. The topological polar surface area (TPSA) is 18.5 Å². The molecule has 1 unspecified atom stereocenters. The van der Waals surface area contributed by atoms with Crippen molar-refractivity contribution in [1.82, 2.24) is 0 Å². The molecule has 3 heteroatoms. The highest BCUT2D eigenvalue weighted by Gasteiger charge is 2.65. The van der Waals surface area contributed by atoms with E-state index in [1.807, 2.05) is 0 Å². The lowest BCUT2D eigenvalue weighted by Crippen LogP contribution is -2.45. The van der Waals surface area contributed by atoms with Gasteiger partial charge in [0.05, 0.1) is 21.3 Å². The summed E-state index contributed by atoms with van der Waals surface area (Å²) in [6, 6.07) is 10.9. The van der Waals surface area contributed by atoms with Crippen LogP contribution in [0, 0.1) is 0 Å². The van der Waals surface area contributed by atoms with Crippen molar-refractivity contribution in [3.05, 3.63) is 30.3 Å². The number of benzene rings is 1. The third-order valence-electron chi connectivity index (χ3n) is 4.23. The predicted octanol–water partition coefficient (Wildman–Crippen LogP) is 2.51. The first-order valence-electron chi connectivity index (χ1n) is 6.49. The third-order valence-corrected chi connectivity index (χ3v) is 8.44. The summed E-state index contributed by atoms with van der Waals surface area (Å²) in [7, 11) is -1.46. The zero-order valence-corrected chi connectivity index (χ0v) is 11.6. The van der Waals surface area contributed by atoms with Crippen molar-refractivity contribution in [1.29, 1.82) is 0 Å². The van der Waals surface area contributed by atoms with Gasteiger partial charge in [-0.15, -0.1) is 0 Å². The molecule has 2 fully saturated rings. The fourth-order valence-corrected chi connectivity index (χ4v) is 6.52. The minimum atomic E-state index is -1.46. The van der Waals surface area contributed by atoms with Crippen LogP contribution in [-0.4, -0.2) is 27.1 Å². The molecule has 1 aliphatic heterocycles. The highest BCUT2D eigenvalue weighted by Crippen LogP contribution is 2.59. The van der Waals surface area contributed by atoms with Gasteiger partial charge in [-0.2, -0.15) is 0 Å². The molecule has 1 saturated heterocycles. The van der Waals surface area contributed by atoms with Crippen LogP contribution in [0.3, 0.4) is 0 Å². The van der Waals surface area contributed by atoms with Gasteiger partial charge in [-0.25, -0.2) is 0 Å². The molecule has 2 nitrogen and oxygen atoms in total. The quantitative estimate of drug-likeness (QED) is 0.749. The summed E-state index contributed by atoms with van der Waals surface area (Å²) in [4.78, 5) is 0. The molecule has 0 N–H and O–H groups in total. The Morgan fingerprint density at radius 2 is 1.76 bits per heavy atom. The molecule has 1 aliphatic carbocycles. The largest absolute Gasteiger partial charge is 0.350 e. The molecule has 0 radical (unpaired) electrons. The van der Waals surface area contributed by atoms with Crippen molar-refractivity contribution in [2.24, 2.45) is 0 Å². The van der Waals surface area contributed by atoms with E-state index in [0.717, 1.165) is 26.1 Å². The monoisotopic (exact) mass is 248 g/mol. The number of rotatable bonds is 2. The van der Waals surface area contributed by atoms with Gasteiger partial charge in [0.25, 0.3) is 0 Å². The summed E-state index contributed by atoms with van der Waals surface area (Å²) in [5.74, 6) is -0.205. The fraction of sp³-hybridized carbons (Fsp3) is 0.571. The highest BCUT2D eigenvalue weighted by molar-refractivity contribution is 6.91. The molecular weight excluding hydrogens is 228 g/mol. The Balaban J connectivity index is 1.81. The molecule has 2 aliphatic rings. The summed E-state index contributed by atoms with van der Waals surface area (Å²) in [6.07, 6.45) is 2.14. The van der Waals surface area contributed by atoms with Crippen LogP contribution in [0.1, 0.15) is 12.8 Å². The lowest BCUT2D eigenvalue weighted by atomic mass is 10.4. The van der Waals surface area contributed by atoms with E-state index < -0.39 is 8.07 Å². The molecular formula is C14H20O2Si. The van der Waals surface area contributed by atoms with Crippen LogP contribution in [0.4, 0.5) is 0 Å². The second-order valence-corrected chi connectivity index (χ2v) is 10.4. The number of ether oxygens (including phenoxy) is 2. The van der Waals surface area contributed by atoms with Crippen molar-refractivity contribution >= 4 is 13.3 Å². The minimum absolute atomic E-state index is 0.205. The Hall–Kier alpha value is -0.643. The van der Waals surface area contributed by atoms with Gasteiger partial charge >= 0.3 is 0 Å². The van der Waals surface area contributed by atoms with Gasteiger partial charge in [-0.05, 0) is 6.42 Å². The maximum atomic E-state index is 5.91. The lowest BCUT2D eigenvalue weighted by Gasteiger charge is -2.30. The Morgan fingerprint density at radius 3 is 2.41 bits per heavy atom. The van der Waals surface area contributed by atoms with Crippen LogP contribution in [0.25, 0.3) is 0 Å². The average molecular weight is 248 g/mol. The second-order valence-electron chi connectivity index (χ2n) is 5.71. The van der Waals surface area contributed by atoms with Crippen LogP contribution < -0.4 is 5.19 Å². The minimum Gasteiger partial charge on any atom is -0.350 e.